The normalized spacial score (nSPS) is 12.0. The lowest BCUT2D eigenvalue weighted by Gasteiger charge is -2.12. The second-order valence-corrected chi connectivity index (χ2v) is 12.3. The molecule has 0 bridgehead atoms. The van der Waals surface area contributed by atoms with E-state index in [9.17, 15) is 0 Å². The second kappa shape index (κ2) is 8.71. The molecule has 0 saturated heterocycles. The Balaban J connectivity index is 1.48. The number of fused-ring (bicyclic) bond motifs is 10. The molecule has 0 atom stereocenters. The summed E-state index contributed by atoms with van der Waals surface area (Å²) in [7, 11) is 0. The van der Waals surface area contributed by atoms with Crippen molar-refractivity contribution < 1.29 is 0 Å². The van der Waals surface area contributed by atoms with Crippen molar-refractivity contribution in [1.29, 1.82) is 0 Å². The van der Waals surface area contributed by atoms with Crippen molar-refractivity contribution in [3.63, 3.8) is 0 Å². The summed E-state index contributed by atoms with van der Waals surface area (Å²) >= 11 is 5.62. The maximum Gasteiger partial charge on any atom is 0.235 e. The molecule has 6 aromatic carbocycles. The molecule has 3 heterocycles. The summed E-state index contributed by atoms with van der Waals surface area (Å²) in [6.45, 7) is 0. The number of hydrogen-bond donors (Lipinski definition) is 0. The van der Waals surface area contributed by atoms with Gasteiger partial charge in [-0.05, 0) is 47.9 Å². The third kappa shape index (κ3) is 3.37. The van der Waals surface area contributed by atoms with Gasteiger partial charge >= 0.3 is 0 Å². The number of benzene rings is 6. The molecule has 3 aromatic heterocycles. The van der Waals surface area contributed by atoms with Crippen LogP contribution in [0.3, 0.4) is 0 Å². The lowest BCUT2D eigenvalue weighted by Crippen LogP contribution is -2.03. The predicted molar refractivity (Wildman–Crippen MR) is 177 cm³/mol. The minimum Gasteiger partial charge on any atom is -0.278 e. The van der Waals surface area contributed by atoms with Crippen LogP contribution in [0.25, 0.3) is 80.9 Å². The fraction of sp³-hybridized carbons (Fsp3) is 0. The van der Waals surface area contributed by atoms with E-state index in [-0.39, 0.29) is 0 Å². The molecule has 0 spiro atoms. The number of hydrogen-bond acceptors (Lipinski definition) is 3. The van der Waals surface area contributed by atoms with Crippen molar-refractivity contribution in [2.24, 2.45) is 0 Å². The first-order valence-corrected chi connectivity index (χ1v) is 15.1. The monoisotopic (exact) mass is 605 g/mol. The minimum absolute atomic E-state index is 0.673. The van der Waals surface area contributed by atoms with Crippen LogP contribution in [0.1, 0.15) is 0 Å². The van der Waals surface area contributed by atoms with Gasteiger partial charge in [-0.2, -0.15) is 0 Å². The molecule has 0 amide bonds. The van der Waals surface area contributed by atoms with Crippen LogP contribution < -0.4 is 0 Å². The lowest BCUT2D eigenvalue weighted by atomic mass is 9.99. The van der Waals surface area contributed by atoms with Gasteiger partial charge in [-0.1, -0.05) is 94.8 Å². The Morgan fingerprint density at radius 2 is 1.32 bits per heavy atom. The SMILES string of the molecule is Brc1ccc2c(c1)c1c3c(ccc4sc5ccccc5c43)ccc1n2-c1nc(-c2ccccc2)c2ccccc2n1. The van der Waals surface area contributed by atoms with Gasteiger partial charge in [0, 0.05) is 51.8 Å². The Labute approximate surface area is 247 Å². The first-order chi connectivity index (χ1) is 20.2. The predicted octanol–water partition coefficient (Wildman–Crippen LogP) is 10.7. The number of rotatable bonds is 2. The van der Waals surface area contributed by atoms with E-state index < -0.39 is 0 Å². The molecule has 0 radical (unpaired) electrons. The van der Waals surface area contributed by atoms with E-state index in [2.05, 4.69) is 130 Å². The van der Waals surface area contributed by atoms with Crippen LogP contribution in [-0.2, 0) is 0 Å². The minimum atomic E-state index is 0.673. The average Bonchev–Trinajstić information content (AvgIpc) is 3.56. The maximum absolute atomic E-state index is 5.26. The standard InChI is InChI=1S/C36H20BrN3S/c37-23-16-18-28-26(20-23)33-29(17-14-21-15-19-31-34(32(21)33)25-11-5-7-13-30(25)41-31)40(28)36-38-27-12-6-4-10-24(27)35(39-36)22-8-2-1-3-9-22/h1-20H. The highest BCUT2D eigenvalue weighted by Gasteiger charge is 2.21. The van der Waals surface area contributed by atoms with Crippen LogP contribution in [0.2, 0.25) is 0 Å². The van der Waals surface area contributed by atoms with Crippen molar-refractivity contribution in [2.75, 3.05) is 0 Å². The van der Waals surface area contributed by atoms with Gasteiger partial charge in [-0.3, -0.25) is 4.57 Å². The van der Waals surface area contributed by atoms with Gasteiger partial charge in [0.2, 0.25) is 5.95 Å². The summed E-state index contributed by atoms with van der Waals surface area (Å²) in [6, 6.07) is 42.9. The fourth-order valence-corrected chi connectivity index (χ4v) is 7.78. The van der Waals surface area contributed by atoms with Gasteiger partial charge < -0.3 is 0 Å². The second-order valence-electron chi connectivity index (χ2n) is 10.3. The quantitative estimate of drug-likeness (QED) is 0.196. The fourth-order valence-electron chi connectivity index (χ4n) is 6.31. The highest BCUT2D eigenvalue weighted by atomic mass is 79.9. The molecule has 0 aliphatic carbocycles. The molecule has 0 saturated carbocycles. The van der Waals surface area contributed by atoms with Crippen LogP contribution in [-0.4, -0.2) is 14.5 Å². The van der Waals surface area contributed by atoms with Gasteiger partial charge in [-0.25, -0.2) is 9.97 Å². The van der Waals surface area contributed by atoms with Gasteiger partial charge in [0.15, 0.2) is 0 Å². The summed E-state index contributed by atoms with van der Waals surface area (Å²) in [5.74, 6) is 0.673. The smallest absolute Gasteiger partial charge is 0.235 e. The number of halogens is 1. The lowest BCUT2D eigenvalue weighted by molar-refractivity contribution is 1.01. The Kier molecular flexibility index (Phi) is 4.92. The topological polar surface area (TPSA) is 30.7 Å². The number of para-hydroxylation sites is 1. The van der Waals surface area contributed by atoms with E-state index in [4.69, 9.17) is 9.97 Å². The van der Waals surface area contributed by atoms with E-state index in [1.165, 1.54) is 41.7 Å². The molecule has 0 aliphatic heterocycles. The van der Waals surface area contributed by atoms with E-state index in [1.54, 1.807) is 0 Å². The molecule has 0 fully saturated rings. The summed E-state index contributed by atoms with van der Waals surface area (Å²) in [4.78, 5) is 10.4. The zero-order valence-electron chi connectivity index (χ0n) is 21.7. The average molecular weight is 607 g/mol. The summed E-state index contributed by atoms with van der Waals surface area (Å²) in [6.07, 6.45) is 0. The molecule has 9 rings (SSSR count). The molecule has 3 nitrogen and oxygen atoms in total. The largest absolute Gasteiger partial charge is 0.278 e. The van der Waals surface area contributed by atoms with Gasteiger partial charge in [0.25, 0.3) is 0 Å². The van der Waals surface area contributed by atoms with Crippen LogP contribution in [0.4, 0.5) is 0 Å². The third-order valence-corrected chi connectivity index (χ3v) is 9.68. The molecule has 0 unspecified atom stereocenters. The van der Waals surface area contributed by atoms with Gasteiger partial charge in [-0.15, -0.1) is 11.3 Å². The van der Waals surface area contributed by atoms with Crippen LogP contribution in [0.15, 0.2) is 126 Å². The van der Waals surface area contributed by atoms with Crippen molar-refractivity contribution >= 4 is 90.9 Å². The van der Waals surface area contributed by atoms with Gasteiger partial charge in [0.1, 0.15) is 0 Å². The molecular formula is C36H20BrN3S. The Hall–Kier alpha value is -4.58. The molecular weight excluding hydrogens is 586 g/mol. The zero-order chi connectivity index (χ0) is 27.1. The molecule has 5 heteroatoms. The first kappa shape index (κ1) is 23.2. The maximum atomic E-state index is 5.26. The van der Waals surface area contributed by atoms with E-state index in [0.717, 1.165) is 37.7 Å². The van der Waals surface area contributed by atoms with E-state index >= 15 is 0 Å². The van der Waals surface area contributed by atoms with Crippen molar-refractivity contribution in [3.05, 3.63) is 126 Å². The molecule has 0 N–H and O–H groups in total. The van der Waals surface area contributed by atoms with Gasteiger partial charge in [0.05, 0.1) is 22.2 Å². The number of nitrogens with zero attached hydrogens (tertiary/aromatic N) is 3. The highest BCUT2D eigenvalue weighted by Crippen LogP contribution is 2.44. The Morgan fingerprint density at radius 1 is 0.561 bits per heavy atom. The molecule has 0 aliphatic rings. The van der Waals surface area contributed by atoms with Crippen LogP contribution in [0, 0.1) is 0 Å². The van der Waals surface area contributed by atoms with Crippen molar-refractivity contribution in [1.82, 2.24) is 14.5 Å². The summed E-state index contributed by atoms with van der Waals surface area (Å²) in [5, 5.41) is 8.59. The zero-order valence-corrected chi connectivity index (χ0v) is 24.1. The summed E-state index contributed by atoms with van der Waals surface area (Å²) in [5.41, 5.74) is 5.12. The first-order valence-electron chi connectivity index (χ1n) is 13.5. The Morgan fingerprint density at radius 3 is 2.22 bits per heavy atom. The number of thiophene rings is 1. The van der Waals surface area contributed by atoms with Crippen molar-refractivity contribution in [3.8, 4) is 17.2 Å². The number of aromatic nitrogens is 3. The van der Waals surface area contributed by atoms with Crippen LogP contribution >= 0.6 is 27.3 Å². The molecule has 41 heavy (non-hydrogen) atoms. The molecule has 192 valence electrons. The van der Waals surface area contributed by atoms with Crippen LogP contribution in [0.5, 0.6) is 0 Å². The summed E-state index contributed by atoms with van der Waals surface area (Å²) < 4.78 is 5.90. The Bertz CT molecular complexity index is 2490. The van der Waals surface area contributed by atoms with Crippen molar-refractivity contribution in [2.45, 2.75) is 0 Å². The third-order valence-electron chi connectivity index (χ3n) is 8.05. The van der Waals surface area contributed by atoms with E-state index in [1.807, 2.05) is 23.5 Å². The molecule has 9 aromatic rings. The highest BCUT2D eigenvalue weighted by molar-refractivity contribution is 9.10. The van der Waals surface area contributed by atoms with E-state index in [0.29, 0.717) is 5.95 Å².